The molecule has 3 heterocycles. The van der Waals surface area contributed by atoms with Crippen molar-refractivity contribution in [1.82, 2.24) is 10.2 Å². The van der Waals surface area contributed by atoms with Gasteiger partial charge < -0.3 is 14.5 Å². The zero-order valence-electron chi connectivity index (χ0n) is 18.0. The van der Waals surface area contributed by atoms with Crippen molar-refractivity contribution in [1.29, 1.82) is 0 Å². The number of nitrogens with zero attached hydrogens (tertiary/aromatic N) is 3. The maximum absolute atomic E-state index is 13.9. The molecule has 0 aromatic heterocycles. The summed E-state index contributed by atoms with van der Waals surface area (Å²) in [5.41, 5.74) is 1.67. The fourth-order valence-corrected chi connectivity index (χ4v) is 5.27. The molecule has 8 heteroatoms. The number of urea groups is 1. The van der Waals surface area contributed by atoms with E-state index in [0.717, 1.165) is 28.4 Å². The van der Waals surface area contributed by atoms with Crippen LogP contribution < -0.4 is 15.1 Å². The lowest BCUT2D eigenvalue weighted by Gasteiger charge is -2.55. The Morgan fingerprint density at radius 2 is 1.78 bits per heavy atom. The van der Waals surface area contributed by atoms with Gasteiger partial charge in [-0.05, 0) is 30.2 Å². The number of ether oxygens (including phenoxy) is 1. The molecule has 1 N–H and O–H groups in total. The predicted molar refractivity (Wildman–Crippen MR) is 119 cm³/mol. The highest BCUT2D eigenvalue weighted by molar-refractivity contribution is 6.20. The molecule has 2 fully saturated rings. The largest absolute Gasteiger partial charge is 0.383 e. The summed E-state index contributed by atoms with van der Waals surface area (Å²) in [5, 5.41) is 2.47. The molecule has 5 rings (SSSR count). The average Bonchev–Trinajstić information content (AvgIpc) is 2.83. The summed E-state index contributed by atoms with van der Waals surface area (Å²) < 4.78 is 5.10. The number of anilines is 2. The van der Waals surface area contributed by atoms with Gasteiger partial charge in [-0.2, -0.15) is 0 Å². The summed E-state index contributed by atoms with van der Waals surface area (Å²) >= 11 is 0. The molecule has 0 unspecified atom stereocenters. The van der Waals surface area contributed by atoms with Crippen LogP contribution in [0, 0.1) is 5.41 Å². The van der Waals surface area contributed by atoms with E-state index >= 15 is 0 Å². The molecule has 2 saturated heterocycles. The summed E-state index contributed by atoms with van der Waals surface area (Å²) in [6, 6.07) is 16.8. The van der Waals surface area contributed by atoms with E-state index in [-0.39, 0.29) is 19.6 Å². The highest BCUT2D eigenvalue weighted by Gasteiger charge is 2.62. The minimum absolute atomic E-state index is 0.104. The van der Waals surface area contributed by atoms with E-state index in [2.05, 4.69) is 15.1 Å². The Bertz CT molecular complexity index is 1060. The Kier molecular flexibility index (Phi) is 5.09. The van der Waals surface area contributed by atoms with Gasteiger partial charge in [-0.25, -0.2) is 4.79 Å². The quantitative estimate of drug-likeness (QED) is 0.737. The molecule has 8 nitrogen and oxygen atoms in total. The van der Waals surface area contributed by atoms with Crippen LogP contribution in [-0.2, 0) is 20.7 Å². The second-order valence-electron chi connectivity index (χ2n) is 8.48. The lowest BCUT2D eigenvalue weighted by Crippen LogP contribution is -2.75. The zero-order valence-corrected chi connectivity index (χ0v) is 18.0. The number of rotatable bonds is 4. The maximum Gasteiger partial charge on any atom is 0.330 e. The monoisotopic (exact) mass is 434 g/mol. The molecule has 4 amide bonds. The fraction of sp³-hybridized carbons (Fsp3) is 0.375. The van der Waals surface area contributed by atoms with E-state index in [9.17, 15) is 14.4 Å². The number of amides is 4. The van der Waals surface area contributed by atoms with Crippen LogP contribution in [0.1, 0.15) is 5.56 Å². The van der Waals surface area contributed by atoms with Crippen LogP contribution in [0.25, 0.3) is 0 Å². The van der Waals surface area contributed by atoms with Crippen LogP contribution >= 0.6 is 0 Å². The Balaban J connectivity index is 1.60. The van der Waals surface area contributed by atoms with Crippen LogP contribution in [0.5, 0.6) is 0 Å². The van der Waals surface area contributed by atoms with Crippen LogP contribution in [0.4, 0.5) is 16.2 Å². The molecule has 2 aromatic carbocycles. The van der Waals surface area contributed by atoms with Gasteiger partial charge in [0.2, 0.25) is 11.8 Å². The number of carbonyl (C=O) groups excluding carboxylic acids is 3. The van der Waals surface area contributed by atoms with Gasteiger partial charge in [-0.15, -0.1) is 0 Å². The van der Waals surface area contributed by atoms with Crippen molar-refractivity contribution in [3.8, 4) is 0 Å². The first kappa shape index (κ1) is 20.5. The van der Waals surface area contributed by atoms with Crippen LogP contribution in [0.2, 0.25) is 0 Å². The van der Waals surface area contributed by atoms with E-state index in [1.54, 1.807) is 0 Å². The molecule has 2 atom stereocenters. The molecule has 166 valence electrons. The molecule has 0 saturated carbocycles. The van der Waals surface area contributed by atoms with Gasteiger partial charge in [0, 0.05) is 38.1 Å². The molecular formula is C24H26N4O4. The van der Waals surface area contributed by atoms with Gasteiger partial charge >= 0.3 is 6.03 Å². The summed E-state index contributed by atoms with van der Waals surface area (Å²) in [5.74, 6) is -0.955. The first-order valence-electron chi connectivity index (χ1n) is 10.9. The normalized spacial score (nSPS) is 25.0. The lowest BCUT2D eigenvalue weighted by molar-refractivity contribution is -0.154. The third-order valence-electron chi connectivity index (χ3n) is 6.86. The summed E-state index contributed by atoms with van der Waals surface area (Å²) in [6.45, 7) is 2.26. The third kappa shape index (κ3) is 3.05. The highest BCUT2D eigenvalue weighted by atomic mass is 16.5. The number of hydrogen-bond acceptors (Lipinski definition) is 6. The standard InChI is InChI=1S/C24H26N4O4/c1-32-14-13-28-22(30)24(21(29)25-23(28)31)15-17-7-5-6-10-19(17)27-12-11-26(16-20(24)27)18-8-3-2-4-9-18/h2-10,20H,11-16H2,1H3,(H,25,29,31)/t20-,24-/m0/s1. The fourth-order valence-electron chi connectivity index (χ4n) is 5.27. The van der Waals surface area contributed by atoms with Gasteiger partial charge in [0.15, 0.2) is 5.41 Å². The Morgan fingerprint density at radius 3 is 2.56 bits per heavy atom. The zero-order chi connectivity index (χ0) is 22.3. The second-order valence-corrected chi connectivity index (χ2v) is 8.48. The van der Waals surface area contributed by atoms with Gasteiger partial charge in [0.1, 0.15) is 0 Å². The van der Waals surface area contributed by atoms with Crippen molar-refractivity contribution in [2.24, 2.45) is 5.41 Å². The number of nitrogens with one attached hydrogen (secondary N) is 1. The number of methoxy groups -OCH3 is 1. The molecule has 1 spiro atoms. The van der Waals surface area contributed by atoms with Crippen LogP contribution in [0.15, 0.2) is 54.6 Å². The van der Waals surface area contributed by atoms with Crippen LogP contribution in [-0.4, -0.2) is 68.7 Å². The molecule has 3 aliphatic rings. The SMILES string of the molecule is COCCN1C(=O)NC(=O)[C@@]2(Cc3ccccc3N3CCN(c4ccccc4)C[C@H]32)C1=O. The van der Waals surface area contributed by atoms with Gasteiger partial charge in [-0.1, -0.05) is 36.4 Å². The van der Waals surface area contributed by atoms with E-state index < -0.39 is 29.3 Å². The lowest BCUT2D eigenvalue weighted by atomic mass is 9.67. The molecule has 0 aliphatic carbocycles. The first-order chi connectivity index (χ1) is 15.6. The van der Waals surface area contributed by atoms with E-state index in [0.29, 0.717) is 13.1 Å². The average molecular weight is 434 g/mol. The topological polar surface area (TPSA) is 82.2 Å². The van der Waals surface area contributed by atoms with E-state index in [4.69, 9.17) is 4.74 Å². The van der Waals surface area contributed by atoms with Gasteiger partial charge in [-0.3, -0.25) is 19.8 Å². The molecule has 3 aliphatic heterocycles. The second kappa shape index (κ2) is 7.94. The minimum Gasteiger partial charge on any atom is -0.383 e. The number of benzene rings is 2. The van der Waals surface area contributed by atoms with E-state index in [1.807, 2.05) is 54.6 Å². The van der Waals surface area contributed by atoms with Crippen molar-refractivity contribution < 1.29 is 19.1 Å². The highest BCUT2D eigenvalue weighted by Crippen LogP contribution is 2.46. The number of imide groups is 2. The molecule has 2 aromatic rings. The number of barbiturate groups is 1. The minimum atomic E-state index is -1.39. The number of para-hydroxylation sites is 2. The molecular weight excluding hydrogens is 408 g/mol. The van der Waals surface area contributed by atoms with Crippen molar-refractivity contribution in [2.45, 2.75) is 12.5 Å². The third-order valence-corrected chi connectivity index (χ3v) is 6.86. The molecule has 32 heavy (non-hydrogen) atoms. The van der Waals surface area contributed by atoms with Gasteiger partial charge in [0.25, 0.3) is 0 Å². The van der Waals surface area contributed by atoms with Crippen molar-refractivity contribution in [2.75, 3.05) is 49.7 Å². The van der Waals surface area contributed by atoms with Crippen molar-refractivity contribution in [3.63, 3.8) is 0 Å². The Morgan fingerprint density at radius 1 is 1.03 bits per heavy atom. The molecule has 0 radical (unpaired) electrons. The summed E-state index contributed by atoms with van der Waals surface area (Å²) in [7, 11) is 1.52. The first-order valence-corrected chi connectivity index (χ1v) is 10.9. The Hall–Kier alpha value is -3.39. The van der Waals surface area contributed by atoms with Crippen molar-refractivity contribution in [3.05, 3.63) is 60.2 Å². The molecule has 0 bridgehead atoms. The van der Waals surface area contributed by atoms with E-state index in [1.165, 1.54) is 7.11 Å². The maximum atomic E-state index is 13.9. The van der Waals surface area contributed by atoms with Crippen molar-refractivity contribution >= 4 is 29.2 Å². The number of piperazine rings is 1. The number of carbonyl (C=O) groups is 3. The number of fused-ring (bicyclic) bond motifs is 4. The predicted octanol–water partition coefficient (Wildman–Crippen LogP) is 1.65. The van der Waals surface area contributed by atoms with Crippen LogP contribution in [0.3, 0.4) is 0 Å². The summed E-state index contributed by atoms with van der Waals surface area (Å²) in [6.07, 6.45) is 0.258. The van der Waals surface area contributed by atoms with Gasteiger partial charge in [0.05, 0.1) is 19.2 Å². The Labute approximate surface area is 186 Å². The number of hydrogen-bond donors (Lipinski definition) is 1. The summed E-state index contributed by atoms with van der Waals surface area (Å²) in [4.78, 5) is 45.4. The smallest absolute Gasteiger partial charge is 0.330 e.